The number of hydrogen-bond acceptors (Lipinski definition) is 6. The number of ether oxygens (including phenoxy) is 1. The molecule has 2 saturated heterocycles. The second kappa shape index (κ2) is 8.34. The third-order valence-electron chi connectivity index (χ3n) is 5.94. The van der Waals surface area contributed by atoms with Crippen LogP contribution in [0, 0.1) is 0 Å². The molecule has 3 aromatic rings. The van der Waals surface area contributed by atoms with Gasteiger partial charge in [0.05, 0.1) is 28.4 Å². The average Bonchev–Trinajstić information content (AvgIpc) is 3.47. The van der Waals surface area contributed by atoms with Gasteiger partial charge in [-0.1, -0.05) is 12.1 Å². The molecule has 164 valence electrons. The van der Waals surface area contributed by atoms with Crippen LogP contribution in [0.15, 0.2) is 41.4 Å². The van der Waals surface area contributed by atoms with E-state index in [1.807, 2.05) is 18.2 Å². The minimum atomic E-state index is -3.62. The zero-order valence-electron chi connectivity index (χ0n) is 17.0. The fraction of sp³-hybridized carbons (Fsp3) is 0.429. The third kappa shape index (κ3) is 4.00. The van der Waals surface area contributed by atoms with Gasteiger partial charge in [-0.3, -0.25) is 4.79 Å². The molecule has 31 heavy (non-hydrogen) atoms. The van der Waals surface area contributed by atoms with Gasteiger partial charge in [0.15, 0.2) is 0 Å². The largest absolute Gasteiger partial charge is 0.379 e. The van der Waals surface area contributed by atoms with E-state index in [0.29, 0.717) is 51.0 Å². The van der Waals surface area contributed by atoms with E-state index in [2.05, 4.69) is 11.1 Å². The molecule has 2 fully saturated rings. The first kappa shape index (κ1) is 20.6. The van der Waals surface area contributed by atoms with Gasteiger partial charge in [0.2, 0.25) is 10.0 Å². The second-order valence-electron chi connectivity index (χ2n) is 7.85. The molecule has 2 aliphatic heterocycles. The lowest BCUT2D eigenvalue weighted by Crippen LogP contribution is -2.40. The summed E-state index contributed by atoms with van der Waals surface area (Å²) in [5.41, 5.74) is 1.34. The summed E-state index contributed by atoms with van der Waals surface area (Å²) < 4.78 is 33.4. The summed E-state index contributed by atoms with van der Waals surface area (Å²) in [5.74, 6) is 0.188. The van der Waals surface area contributed by atoms with E-state index >= 15 is 0 Å². The van der Waals surface area contributed by atoms with Crippen LogP contribution in [0.3, 0.4) is 0 Å². The minimum Gasteiger partial charge on any atom is -0.379 e. The maximum absolute atomic E-state index is 13.0. The molecule has 2 aromatic heterocycles. The molecular formula is C21H24N4O4S2. The van der Waals surface area contributed by atoms with Crippen LogP contribution in [0.25, 0.3) is 10.2 Å². The van der Waals surface area contributed by atoms with Gasteiger partial charge in [0.25, 0.3) is 5.91 Å². The number of aromatic amines is 1. The van der Waals surface area contributed by atoms with E-state index in [4.69, 9.17) is 9.72 Å². The van der Waals surface area contributed by atoms with Crippen LogP contribution in [0.4, 0.5) is 0 Å². The van der Waals surface area contributed by atoms with Gasteiger partial charge >= 0.3 is 0 Å². The predicted octanol–water partition coefficient (Wildman–Crippen LogP) is 2.67. The van der Waals surface area contributed by atoms with Gasteiger partial charge < -0.3 is 14.6 Å². The highest BCUT2D eigenvalue weighted by molar-refractivity contribution is 7.89. The van der Waals surface area contributed by atoms with Crippen LogP contribution in [-0.4, -0.2) is 72.9 Å². The van der Waals surface area contributed by atoms with Crippen LogP contribution in [0.2, 0.25) is 0 Å². The fourth-order valence-corrected chi connectivity index (χ4v) is 6.69. The number of piperidine rings is 1. The number of likely N-dealkylation sites (tertiary alicyclic amines) is 1. The summed E-state index contributed by atoms with van der Waals surface area (Å²) >= 11 is 1.73. The minimum absolute atomic E-state index is 0.127. The summed E-state index contributed by atoms with van der Waals surface area (Å²) in [6, 6.07) is 9.59. The number of H-pyrrole nitrogens is 1. The predicted molar refractivity (Wildman–Crippen MR) is 118 cm³/mol. The van der Waals surface area contributed by atoms with Gasteiger partial charge in [-0.15, -0.1) is 11.3 Å². The second-order valence-corrected chi connectivity index (χ2v) is 10.9. The maximum Gasteiger partial charge on any atom is 0.270 e. The van der Waals surface area contributed by atoms with Gasteiger partial charge in [-0.25, -0.2) is 13.4 Å². The van der Waals surface area contributed by atoms with Gasteiger partial charge in [-0.2, -0.15) is 4.31 Å². The van der Waals surface area contributed by atoms with Crippen LogP contribution in [-0.2, 0) is 14.8 Å². The molecule has 2 aliphatic rings. The number of morpholine rings is 1. The van der Waals surface area contributed by atoms with E-state index < -0.39 is 10.0 Å². The van der Waals surface area contributed by atoms with E-state index in [-0.39, 0.29) is 10.8 Å². The van der Waals surface area contributed by atoms with Crippen molar-refractivity contribution in [2.45, 2.75) is 23.7 Å². The summed E-state index contributed by atoms with van der Waals surface area (Å²) in [6.45, 7) is 2.69. The Hall–Kier alpha value is -2.27. The SMILES string of the molecule is O=C(c1cc(S(=O)(=O)N2CCOCC2)c[nH]1)N1CCC(c2nc3ccccc3s2)CC1. The molecule has 8 nitrogen and oxygen atoms in total. The maximum atomic E-state index is 13.0. The number of nitrogens with zero attached hydrogens (tertiary/aromatic N) is 3. The van der Waals surface area contributed by atoms with E-state index in [1.165, 1.54) is 21.3 Å². The van der Waals surface area contributed by atoms with Crippen molar-refractivity contribution in [1.82, 2.24) is 19.2 Å². The number of fused-ring (bicyclic) bond motifs is 1. The smallest absolute Gasteiger partial charge is 0.270 e. The molecule has 10 heteroatoms. The van der Waals surface area contributed by atoms with Crippen molar-refractivity contribution in [2.24, 2.45) is 0 Å². The lowest BCUT2D eigenvalue weighted by molar-refractivity contribution is 0.0707. The first-order chi connectivity index (χ1) is 15.0. The van der Waals surface area contributed by atoms with Crippen molar-refractivity contribution < 1.29 is 17.9 Å². The quantitative estimate of drug-likeness (QED) is 0.646. The van der Waals surface area contributed by atoms with E-state index in [1.54, 1.807) is 16.2 Å². The number of amides is 1. The number of carbonyl (C=O) groups is 1. The fourth-order valence-electron chi connectivity index (χ4n) is 4.15. The van der Waals surface area contributed by atoms with Gasteiger partial charge in [0.1, 0.15) is 10.6 Å². The molecule has 0 atom stereocenters. The zero-order chi connectivity index (χ0) is 21.4. The third-order valence-corrected chi connectivity index (χ3v) is 9.01. The number of nitrogens with one attached hydrogen (secondary N) is 1. The number of para-hydroxylation sites is 1. The van der Waals surface area contributed by atoms with E-state index in [0.717, 1.165) is 23.4 Å². The van der Waals surface area contributed by atoms with Crippen LogP contribution in [0.5, 0.6) is 0 Å². The average molecular weight is 461 g/mol. The molecule has 4 heterocycles. The Kier molecular flexibility index (Phi) is 5.55. The first-order valence-corrected chi connectivity index (χ1v) is 12.7. The Balaban J connectivity index is 1.24. The molecular weight excluding hydrogens is 436 g/mol. The molecule has 0 unspecified atom stereocenters. The molecule has 1 N–H and O–H groups in total. The summed E-state index contributed by atoms with van der Waals surface area (Å²) in [6.07, 6.45) is 3.11. The van der Waals surface area contributed by atoms with Gasteiger partial charge in [-0.05, 0) is 31.0 Å². The number of hydrogen-bond donors (Lipinski definition) is 1. The molecule has 1 aromatic carbocycles. The van der Waals surface area contributed by atoms with E-state index in [9.17, 15) is 13.2 Å². The van der Waals surface area contributed by atoms with Crippen molar-refractivity contribution in [1.29, 1.82) is 0 Å². The Bertz CT molecular complexity index is 1160. The number of carbonyl (C=O) groups excluding carboxylic acids is 1. The van der Waals surface area contributed by atoms with Crippen LogP contribution >= 0.6 is 11.3 Å². The lowest BCUT2D eigenvalue weighted by Gasteiger charge is -2.30. The molecule has 5 rings (SSSR count). The Morgan fingerprint density at radius 2 is 1.87 bits per heavy atom. The van der Waals surface area contributed by atoms with Crippen molar-refractivity contribution in [3.63, 3.8) is 0 Å². The molecule has 0 spiro atoms. The van der Waals surface area contributed by atoms with Gasteiger partial charge in [0, 0.05) is 38.3 Å². The lowest BCUT2D eigenvalue weighted by atomic mass is 9.97. The van der Waals surface area contributed by atoms with Crippen molar-refractivity contribution in [3.8, 4) is 0 Å². The Labute approximate surface area is 184 Å². The molecule has 0 saturated carbocycles. The number of aromatic nitrogens is 2. The van der Waals surface area contributed by atoms with Crippen LogP contribution in [0.1, 0.15) is 34.3 Å². The highest BCUT2D eigenvalue weighted by Crippen LogP contribution is 2.34. The van der Waals surface area contributed by atoms with Crippen molar-refractivity contribution in [2.75, 3.05) is 39.4 Å². The summed E-state index contributed by atoms with van der Waals surface area (Å²) in [7, 11) is -3.62. The Morgan fingerprint density at radius 1 is 1.13 bits per heavy atom. The highest BCUT2D eigenvalue weighted by Gasteiger charge is 2.30. The summed E-state index contributed by atoms with van der Waals surface area (Å²) in [5, 5.41) is 1.13. The standard InChI is InChI=1S/C21H24N4O4S2/c26-21(18-13-16(14-22-18)31(27,28)25-9-11-29-12-10-25)24-7-5-15(6-8-24)20-23-17-3-1-2-4-19(17)30-20/h1-4,13-15,22H,5-12H2. The highest BCUT2D eigenvalue weighted by atomic mass is 32.2. The topological polar surface area (TPSA) is 95.6 Å². The summed E-state index contributed by atoms with van der Waals surface area (Å²) in [4.78, 5) is 22.5. The number of sulfonamides is 1. The zero-order valence-corrected chi connectivity index (χ0v) is 18.6. The normalized spacial score (nSPS) is 19.2. The monoisotopic (exact) mass is 460 g/mol. The van der Waals surface area contributed by atoms with Crippen molar-refractivity contribution in [3.05, 3.63) is 47.2 Å². The molecule has 1 amide bonds. The molecule has 0 aliphatic carbocycles. The first-order valence-electron chi connectivity index (χ1n) is 10.4. The number of rotatable bonds is 4. The van der Waals surface area contributed by atoms with Crippen LogP contribution < -0.4 is 0 Å². The van der Waals surface area contributed by atoms with Crippen molar-refractivity contribution >= 4 is 37.5 Å². The Morgan fingerprint density at radius 3 is 2.61 bits per heavy atom. The number of benzene rings is 1. The number of thiazole rings is 1. The molecule has 0 radical (unpaired) electrons. The molecule has 0 bridgehead atoms.